The van der Waals surface area contributed by atoms with Crippen molar-refractivity contribution in [3.63, 3.8) is 0 Å². The average Bonchev–Trinajstić information content (AvgIpc) is 2.86. The fourth-order valence-electron chi connectivity index (χ4n) is 3.95. The molecule has 1 heterocycles. The van der Waals surface area contributed by atoms with Crippen LogP contribution >= 0.6 is 0 Å². The first-order valence-corrected chi connectivity index (χ1v) is 11.2. The largest absolute Gasteiger partial charge is 0.503 e. The Bertz CT molecular complexity index is 1230. The summed E-state index contributed by atoms with van der Waals surface area (Å²) in [7, 11) is 2.74. The molecule has 1 aromatic heterocycles. The second kappa shape index (κ2) is 11.6. The van der Waals surface area contributed by atoms with Gasteiger partial charge in [-0.1, -0.05) is 25.1 Å². The van der Waals surface area contributed by atoms with Gasteiger partial charge >= 0.3 is 5.97 Å². The highest BCUT2D eigenvalue weighted by molar-refractivity contribution is 5.99. The minimum absolute atomic E-state index is 0.0904. The van der Waals surface area contributed by atoms with E-state index < -0.39 is 47.1 Å². The van der Waals surface area contributed by atoms with E-state index in [0.717, 1.165) is 0 Å². The first-order valence-electron chi connectivity index (χ1n) is 11.2. The third-order valence-electron chi connectivity index (χ3n) is 5.80. The maximum atomic E-state index is 13.8. The zero-order chi connectivity index (χ0) is 26.4. The van der Waals surface area contributed by atoms with Gasteiger partial charge < -0.3 is 19.3 Å². The molecular weight excluding hydrogens is 472 g/mol. The topological polar surface area (TPSA) is 95.0 Å². The van der Waals surface area contributed by atoms with E-state index in [1.807, 2.05) is 0 Å². The molecule has 0 fully saturated rings. The van der Waals surface area contributed by atoms with E-state index >= 15 is 0 Å². The number of methoxy groups -OCH3 is 2. The molecule has 190 valence electrons. The molecule has 0 amide bonds. The van der Waals surface area contributed by atoms with E-state index in [1.54, 1.807) is 19.1 Å². The molecule has 3 rings (SSSR count). The summed E-state index contributed by atoms with van der Waals surface area (Å²) in [5, 5.41) is 10.2. The third-order valence-corrected chi connectivity index (χ3v) is 5.80. The van der Waals surface area contributed by atoms with Crippen LogP contribution < -0.4 is 9.47 Å². The Balaban J connectivity index is 1.82. The minimum atomic E-state index is -0.865. The average molecular weight is 500 g/mol. The minimum Gasteiger partial charge on any atom is -0.503 e. The lowest BCUT2D eigenvalue weighted by atomic mass is 9.86. The number of rotatable bonds is 10. The van der Waals surface area contributed by atoms with Crippen LogP contribution in [0.3, 0.4) is 0 Å². The Kier molecular flexibility index (Phi) is 8.58. The van der Waals surface area contributed by atoms with Crippen molar-refractivity contribution >= 4 is 11.8 Å². The van der Waals surface area contributed by atoms with Gasteiger partial charge in [0.05, 0.1) is 20.1 Å². The zero-order valence-corrected chi connectivity index (χ0v) is 20.3. The van der Waals surface area contributed by atoms with Crippen molar-refractivity contribution in [3.8, 4) is 17.2 Å². The summed E-state index contributed by atoms with van der Waals surface area (Å²) < 4.78 is 43.5. The van der Waals surface area contributed by atoms with Crippen molar-refractivity contribution in [1.82, 2.24) is 4.98 Å². The molecule has 9 heteroatoms. The number of Topliss-reactive ketones (excluding diaryl/α,β-unsaturated/α-hetero) is 1. The van der Waals surface area contributed by atoms with Gasteiger partial charge in [-0.25, -0.2) is 13.8 Å². The molecule has 3 atom stereocenters. The van der Waals surface area contributed by atoms with Gasteiger partial charge in [0, 0.05) is 36.2 Å². The highest BCUT2D eigenvalue weighted by atomic mass is 19.1. The number of aromatic nitrogens is 1. The molecule has 0 aliphatic heterocycles. The van der Waals surface area contributed by atoms with Crippen molar-refractivity contribution in [3.05, 3.63) is 83.2 Å². The number of hydrogen-bond donors (Lipinski definition) is 1. The van der Waals surface area contributed by atoms with Gasteiger partial charge in [0.25, 0.3) is 0 Å². The van der Waals surface area contributed by atoms with Crippen LogP contribution in [0.15, 0.2) is 54.7 Å². The van der Waals surface area contributed by atoms with E-state index in [4.69, 9.17) is 14.2 Å². The number of carbonyl (C=O) groups is 2. The number of carbonyl (C=O) groups excluding carboxylic acids is 2. The van der Waals surface area contributed by atoms with Gasteiger partial charge in [-0.2, -0.15) is 0 Å². The Morgan fingerprint density at radius 3 is 2.22 bits per heavy atom. The standard InChI is InChI=1S/C27H27F2NO6/c1-15(13-21(31)25-26(32)22(34-3)11-12-30-25)27(33)36-16(2)24(17-5-7-18(28)8-6-17)20-10-9-19(29)14-23(20)35-4/h5-12,14-16,24,32H,13H2,1-4H3/t15-,16+,24+/m1/s1. The number of benzene rings is 2. The van der Waals surface area contributed by atoms with Gasteiger partial charge in [0.1, 0.15) is 23.5 Å². The van der Waals surface area contributed by atoms with Crippen molar-refractivity contribution in [2.45, 2.75) is 32.3 Å². The van der Waals surface area contributed by atoms with E-state index in [0.29, 0.717) is 11.1 Å². The number of hydrogen-bond acceptors (Lipinski definition) is 7. The monoisotopic (exact) mass is 499 g/mol. The molecule has 0 spiro atoms. The molecule has 0 radical (unpaired) electrons. The lowest BCUT2D eigenvalue weighted by Crippen LogP contribution is -2.28. The van der Waals surface area contributed by atoms with Gasteiger partial charge in [-0.05, 0) is 30.7 Å². The van der Waals surface area contributed by atoms with Crippen LogP contribution in [0.25, 0.3) is 0 Å². The molecule has 7 nitrogen and oxygen atoms in total. The maximum Gasteiger partial charge on any atom is 0.309 e. The summed E-state index contributed by atoms with van der Waals surface area (Å²) in [6.45, 7) is 3.17. The van der Waals surface area contributed by atoms with Crippen molar-refractivity contribution < 1.29 is 37.7 Å². The van der Waals surface area contributed by atoms with Crippen LogP contribution in [-0.2, 0) is 9.53 Å². The summed E-state index contributed by atoms with van der Waals surface area (Å²) in [6, 6.07) is 11.1. The predicted octanol–water partition coefficient (Wildman–Crippen LogP) is 5.06. The number of nitrogens with zero attached hydrogens (tertiary/aromatic N) is 1. The summed E-state index contributed by atoms with van der Waals surface area (Å²) in [5.41, 5.74) is 0.957. The number of ketones is 1. The summed E-state index contributed by atoms with van der Waals surface area (Å²) >= 11 is 0. The van der Waals surface area contributed by atoms with Crippen LogP contribution in [0.4, 0.5) is 8.78 Å². The SMILES string of the molecule is COc1cc(F)ccc1[C@H](c1ccc(F)cc1)[C@H](C)OC(=O)[C@H](C)CC(=O)c1nccc(OC)c1O. The van der Waals surface area contributed by atoms with Crippen LogP contribution in [0.1, 0.15) is 47.8 Å². The molecule has 36 heavy (non-hydrogen) atoms. The van der Waals surface area contributed by atoms with E-state index in [2.05, 4.69) is 4.98 Å². The van der Waals surface area contributed by atoms with Crippen molar-refractivity contribution in [2.75, 3.05) is 14.2 Å². The van der Waals surface area contributed by atoms with Crippen LogP contribution in [0, 0.1) is 17.6 Å². The lowest BCUT2D eigenvalue weighted by Gasteiger charge is -2.27. The Morgan fingerprint density at radius 2 is 1.58 bits per heavy atom. The second-order valence-electron chi connectivity index (χ2n) is 8.30. The molecule has 3 aromatic rings. The fourth-order valence-corrected chi connectivity index (χ4v) is 3.95. The van der Waals surface area contributed by atoms with Crippen LogP contribution in [-0.4, -0.2) is 42.2 Å². The molecule has 0 unspecified atom stereocenters. The molecule has 2 aromatic carbocycles. The number of esters is 1. The third kappa shape index (κ3) is 5.97. The molecule has 0 aliphatic carbocycles. The summed E-state index contributed by atoms with van der Waals surface area (Å²) in [6.07, 6.45) is 0.267. The normalized spacial score (nSPS) is 13.4. The number of ether oxygens (including phenoxy) is 3. The molecular formula is C27H27F2NO6. The highest BCUT2D eigenvalue weighted by Crippen LogP contribution is 2.37. The summed E-state index contributed by atoms with van der Waals surface area (Å²) in [5.74, 6) is -3.70. The van der Waals surface area contributed by atoms with Gasteiger partial charge in [-0.3, -0.25) is 9.59 Å². The van der Waals surface area contributed by atoms with E-state index in [9.17, 15) is 23.5 Å². The Hall–Kier alpha value is -4.01. The van der Waals surface area contributed by atoms with Crippen LogP contribution in [0.2, 0.25) is 0 Å². The highest BCUT2D eigenvalue weighted by Gasteiger charge is 2.30. The van der Waals surface area contributed by atoms with Crippen molar-refractivity contribution in [1.29, 1.82) is 0 Å². The Morgan fingerprint density at radius 1 is 0.944 bits per heavy atom. The van der Waals surface area contributed by atoms with E-state index in [-0.39, 0.29) is 23.6 Å². The quantitative estimate of drug-likeness (QED) is 0.308. The first kappa shape index (κ1) is 26.6. The van der Waals surface area contributed by atoms with Gasteiger partial charge in [0.2, 0.25) is 0 Å². The molecule has 0 saturated carbocycles. The first-order chi connectivity index (χ1) is 17.2. The summed E-state index contributed by atoms with van der Waals surface area (Å²) in [4.78, 5) is 29.5. The maximum absolute atomic E-state index is 13.8. The van der Waals surface area contributed by atoms with Crippen LogP contribution in [0.5, 0.6) is 17.2 Å². The molecule has 0 bridgehead atoms. The van der Waals surface area contributed by atoms with Gasteiger partial charge in [0.15, 0.2) is 23.0 Å². The van der Waals surface area contributed by atoms with E-state index in [1.165, 1.54) is 63.7 Å². The fraction of sp³-hybridized carbons (Fsp3) is 0.296. The predicted molar refractivity (Wildman–Crippen MR) is 127 cm³/mol. The lowest BCUT2D eigenvalue weighted by molar-refractivity contribution is -0.153. The molecule has 0 aliphatic rings. The number of aromatic hydroxyl groups is 1. The Labute approximate surface area is 207 Å². The zero-order valence-electron chi connectivity index (χ0n) is 20.3. The second-order valence-corrected chi connectivity index (χ2v) is 8.30. The van der Waals surface area contributed by atoms with Crippen molar-refractivity contribution in [2.24, 2.45) is 5.92 Å². The number of pyridine rings is 1. The number of halogens is 2. The molecule has 0 saturated heterocycles. The smallest absolute Gasteiger partial charge is 0.309 e. The molecule has 1 N–H and O–H groups in total. The van der Waals surface area contributed by atoms with Gasteiger partial charge in [-0.15, -0.1) is 0 Å².